The first-order valence-electron chi connectivity index (χ1n) is 11.0. The van der Waals surface area contributed by atoms with Crippen LogP contribution in [0.3, 0.4) is 0 Å². The van der Waals surface area contributed by atoms with Crippen molar-refractivity contribution < 1.29 is 14.6 Å². The van der Waals surface area contributed by atoms with Crippen LogP contribution in [0.5, 0.6) is 5.75 Å². The number of carbonyl (C=O) groups is 1. The molecule has 0 fully saturated rings. The van der Waals surface area contributed by atoms with Crippen LogP contribution in [0.15, 0.2) is 35.2 Å². The smallest absolute Gasteiger partial charge is 0.293 e. The summed E-state index contributed by atoms with van der Waals surface area (Å²) in [6.07, 6.45) is 7.21. The van der Waals surface area contributed by atoms with Crippen LogP contribution >= 0.6 is 11.8 Å². The molecule has 0 atom stereocenters. The summed E-state index contributed by atoms with van der Waals surface area (Å²) in [6.45, 7) is 5.20. The molecule has 2 aromatic carbocycles. The number of benzene rings is 2. The van der Waals surface area contributed by atoms with Crippen molar-refractivity contribution in [3.05, 3.63) is 41.5 Å². The third-order valence-electron chi connectivity index (χ3n) is 5.17. The van der Waals surface area contributed by atoms with Gasteiger partial charge in [0, 0.05) is 4.90 Å². The number of thioether (sulfide) groups is 1. The minimum Gasteiger partial charge on any atom is -0.505 e. The number of aromatic nitrogens is 3. The van der Waals surface area contributed by atoms with Gasteiger partial charge < -0.3 is 9.84 Å². The lowest BCUT2D eigenvalue weighted by molar-refractivity contribution is -0.128. The van der Waals surface area contributed by atoms with E-state index in [4.69, 9.17) is 4.74 Å². The van der Waals surface area contributed by atoms with Crippen LogP contribution in [0.4, 0.5) is 0 Å². The van der Waals surface area contributed by atoms with Crippen LogP contribution in [-0.2, 0) is 16.0 Å². The highest BCUT2D eigenvalue weighted by atomic mass is 32.2. The lowest BCUT2D eigenvalue weighted by Gasteiger charge is -2.10. The first-order valence-corrected chi connectivity index (χ1v) is 12.0. The number of phenols is 1. The third kappa shape index (κ3) is 6.47. The number of fused-ring (bicyclic) bond motifs is 1. The van der Waals surface area contributed by atoms with E-state index in [-0.39, 0.29) is 5.75 Å². The largest absolute Gasteiger partial charge is 0.505 e. The first kappa shape index (κ1) is 23.1. The number of aromatic hydroxyl groups is 1. The van der Waals surface area contributed by atoms with Crippen LogP contribution in [0.25, 0.3) is 16.7 Å². The van der Waals surface area contributed by atoms with E-state index in [0.29, 0.717) is 18.8 Å². The Balaban J connectivity index is 1.65. The Morgan fingerprint density at radius 1 is 1.06 bits per heavy atom. The standard InChI is InChI=1S/C24H31N3O3S/c1-3-4-9-19-14-18(2)15-23(24(19)29)27-25-21-11-10-20(16-22(21)26-27)31-13-8-6-5-7-12-30-17-28/h10-11,14-17,29H,3-9,12-13H2,1-2H3. The topological polar surface area (TPSA) is 77.2 Å². The quantitative estimate of drug-likeness (QED) is 0.211. The van der Waals surface area contributed by atoms with E-state index in [1.54, 1.807) is 4.80 Å². The maximum atomic E-state index is 10.8. The van der Waals surface area contributed by atoms with E-state index >= 15 is 0 Å². The van der Waals surface area contributed by atoms with Crippen LogP contribution in [0.1, 0.15) is 56.6 Å². The summed E-state index contributed by atoms with van der Waals surface area (Å²) in [4.78, 5) is 12.8. The van der Waals surface area contributed by atoms with Gasteiger partial charge in [-0.1, -0.05) is 32.3 Å². The number of phenolic OH excluding ortho intramolecular Hbond substituents is 1. The molecular weight excluding hydrogens is 410 g/mol. The number of rotatable bonds is 13. The average molecular weight is 442 g/mol. The van der Waals surface area contributed by atoms with Crippen molar-refractivity contribution in [2.24, 2.45) is 0 Å². The van der Waals surface area contributed by atoms with Gasteiger partial charge in [-0.05, 0) is 73.8 Å². The van der Waals surface area contributed by atoms with Gasteiger partial charge in [-0.3, -0.25) is 4.79 Å². The molecule has 0 spiro atoms. The monoisotopic (exact) mass is 441 g/mol. The molecule has 0 saturated heterocycles. The zero-order valence-corrected chi connectivity index (χ0v) is 19.2. The summed E-state index contributed by atoms with van der Waals surface area (Å²) in [5.41, 5.74) is 4.32. The first-order chi connectivity index (χ1) is 15.1. The van der Waals surface area contributed by atoms with Gasteiger partial charge in [0.25, 0.3) is 6.47 Å². The Labute approximate surface area is 188 Å². The molecule has 1 N–H and O–H groups in total. The predicted molar refractivity (Wildman–Crippen MR) is 125 cm³/mol. The summed E-state index contributed by atoms with van der Waals surface area (Å²) >= 11 is 1.81. The van der Waals surface area contributed by atoms with E-state index in [9.17, 15) is 9.90 Å². The zero-order chi connectivity index (χ0) is 22.1. The maximum Gasteiger partial charge on any atom is 0.293 e. The van der Waals surface area contributed by atoms with Crippen LogP contribution < -0.4 is 0 Å². The highest BCUT2D eigenvalue weighted by Gasteiger charge is 2.14. The van der Waals surface area contributed by atoms with Gasteiger partial charge in [0.1, 0.15) is 22.5 Å². The molecule has 0 aliphatic heterocycles. The highest BCUT2D eigenvalue weighted by Crippen LogP contribution is 2.30. The Kier molecular flexibility index (Phi) is 8.76. The van der Waals surface area contributed by atoms with Crippen molar-refractivity contribution >= 4 is 29.3 Å². The van der Waals surface area contributed by atoms with Crippen LogP contribution in [0.2, 0.25) is 0 Å². The van der Waals surface area contributed by atoms with Crippen LogP contribution in [-0.4, -0.2) is 38.9 Å². The molecule has 0 bridgehead atoms. The number of nitrogens with zero attached hydrogens (tertiary/aromatic N) is 3. The summed E-state index contributed by atoms with van der Waals surface area (Å²) in [7, 11) is 0. The molecular formula is C24H31N3O3S. The molecule has 0 radical (unpaired) electrons. The van der Waals surface area contributed by atoms with Gasteiger partial charge in [0.05, 0.1) is 6.61 Å². The molecule has 1 aromatic heterocycles. The van der Waals surface area contributed by atoms with Crippen molar-refractivity contribution in [2.75, 3.05) is 12.4 Å². The fourth-order valence-electron chi connectivity index (χ4n) is 3.51. The third-order valence-corrected chi connectivity index (χ3v) is 6.25. The second-order valence-corrected chi connectivity index (χ2v) is 8.93. The molecule has 0 aliphatic carbocycles. The van der Waals surface area contributed by atoms with Gasteiger partial charge in [0.15, 0.2) is 0 Å². The lowest BCUT2D eigenvalue weighted by atomic mass is 10.0. The van der Waals surface area contributed by atoms with Crippen molar-refractivity contribution in [2.45, 2.75) is 63.7 Å². The summed E-state index contributed by atoms with van der Waals surface area (Å²) in [5, 5.41) is 20.0. The SMILES string of the molecule is CCCCc1cc(C)cc(-n2nc3ccc(SCCCCCCOC=O)cc3n2)c1O. The molecule has 166 valence electrons. The molecule has 0 amide bonds. The summed E-state index contributed by atoms with van der Waals surface area (Å²) in [5.74, 6) is 1.31. The summed E-state index contributed by atoms with van der Waals surface area (Å²) in [6, 6.07) is 10.1. The van der Waals surface area contributed by atoms with Crippen molar-refractivity contribution in [1.29, 1.82) is 0 Å². The van der Waals surface area contributed by atoms with Crippen molar-refractivity contribution in [3.63, 3.8) is 0 Å². The normalized spacial score (nSPS) is 11.2. The summed E-state index contributed by atoms with van der Waals surface area (Å²) < 4.78 is 4.71. The second kappa shape index (κ2) is 11.7. The molecule has 0 aliphatic rings. The molecule has 31 heavy (non-hydrogen) atoms. The maximum absolute atomic E-state index is 10.8. The Hall–Kier alpha value is -2.54. The van der Waals surface area contributed by atoms with E-state index in [2.05, 4.69) is 29.3 Å². The number of ether oxygens (including phenoxy) is 1. The molecule has 3 aromatic rings. The fraction of sp³-hybridized carbons (Fsp3) is 0.458. The molecule has 1 heterocycles. The predicted octanol–water partition coefficient (Wildman–Crippen LogP) is 5.60. The minimum atomic E-state index is 0.271. The van der Waals surface area contributed by atoms with Gasteiger partial charge in [-0.2, -0.15) is 0 Å². The molecule has 6 nitrogen and oxygen atoms in total. The molecule has 3 rings (SSSR count). The minimum absolute atomic E-state index is 0.271. The molecule has 7 heteroatoms. The average Bonchev–Trinajstić information content (AvgIpc) is 3.19. The molecule has 0 saturated carbocycles. The highest BCUT2D eigenvalue weighted by molar-refractivity contribution is 7.99. The van der Waals surface area contributed by atoms with Gasteiger partial charge in [-0.25, -0.2) is 0 Å². The van der Waals surface area contributed by atoms with E-state index in [1.165, 1.54) is 4.90 Å². The zero-order valence-electron chi connectivity index (χ0n) is 18.3. The number of hydrogen-bond donors (Lipinski definition) is 1. The van der Waals surface area contributed by atoms with E-state index < -0.39 is 0 Å². The molecule has 0 unspecified atom stereocenters. The van der Waals surface area contributed by atoms with Crippen LogP contribution in [0, 0.1) is 6.92 Å². The van der Waals surface area contributed by atoms with E-state index in [1.807, 2.05) is 36.9 Å². The Morgan fingerprint density at radius 2 is 1.87 bits per heavy atom. The Bertz CT molecular complexity index is 1000. The Morgan fingerprint density at radius 3 is 2.68 bits per heavy atom. The lowest BCUT2D eigenvalue weighted by Crippen LogP contribution is -2.02. The van der Waals surface area contributed by atoms with Crippen molar-refractivity contribution in [3.8, 4) is 11.4 Å². The fourth-order valence-corrected chi connectivity index (χ4v) is 4.46. The van der Waals surface area contributed by atoms with Crippen molar-refractivity contribution in [1.82, 2.24) is 15.0 Å². The number of aryl methyl sites for hydroxylation is 2. The number of unbranched alkanes of at least 4 members (excludes halogenated alkanes) is 4. The van der Waals surface area contributed by atoms with E-state index in [0.717, 1.165) is 72.9 Å². The number of hydrogen-bond acceptors (Lipinski definition) is 6. The van der Waals surface area contributed by atoms with Gasteiger partial charge in [-0.15, -0.1) is 26.8 Å². The number of carbonyl (C=O) groups excluding carboxylic acids is 1. The van der Waals surface area contributed by atoms with Gasteiger partial charge >= 0.3 is 0 Å². The second-order valence-electron chi connectivity index (χ2n) is 7.76. The van der Waals surface area contributed by atoms with Gasteiger partial charge in [0.2, 0.25) is 0 Å².